The van der Waals surface area contributed by atoms with Crippen LogP contribution < -0.4 is 4.74 Å². The maximum absolute atomic E-state index is 5.78. The van der Waals surface area contributed by atoms with E-state index < -0.39 is 0 Å². The Morgan fingerprint density at radius 2 is 2.06 bits per heavy atom. The van der Waals surface area contributed by atoms with Gasteiger partial charge in [0, 0.05) is 17.5 Å². The van der Waals surface area contributed by atoms with E-state index in [1.807, 2.05) is 6.07 Å². The van der Waals surface area contributed by atoms with Crippen LogP contribution in [0.15, 0.2) is 18.2 Å². The van der Waals surface area contributed by atoms with Crippen LogP contribution in [0.4, 0.5) is 0 Å². The van der Waals surface area contributed by atoms with Crippen LogP contribution in [0.25, 0.3) is 0 Å². The third-order valence-electron chi connectivity index (χ3n) is 3.21. The lowest BCUT2D eigenvalue weighted by Crippen LogP contribution is -1.90. The SMILES string of the molecule is CC(C)c1nsc(Oc2ccc3c(c2)CCC3)n1. The summed E-state index contributed by atoms with van der Waals surface area (Å²) in [6.45, 7) is 4.17. The molecule has 18 heavy (non-hydrogen) atoms. The number of fused-ring (bicyclic) bond motifs is 1. The van der Waals surface area contributed by atoms with Crippen molar-refractivity contribution in [2.45, 2.75) is 39.0 Å². The van der Waals surface area contributed by atoms with Gasteiger partial charge in [0.1, 0.15) is 11.6 Å². The van der Waals surface area contributed by atoms with Gasteiger partial charge in [-0.15, -0.1) is 0 Å². The maximum atomic E-state index is 5.78. The molecule has 0 fully saturated rings. The minimum absolute atomic E-state index is 0.346. The Morgan fingerprint density at radius 1 is 1.22 bits per heavy atom. The Labute approximate surface area is 111 Å². The largest absolute Gasteiger partial charge is 0.430 e. The van der Waals surface area contributed by atoms with Crippen molar-refractivity contribution in [3.8, 4) is 10.9 Å². The molecular weight excluding hydrogens is 244 g/mol. The van der Waals surface area contributed by atoms with Gasteiger partial charge in [-0.25, -0.2) is 0 Å². The smallest absolute Gasteiger partial charge is 0.298 e. The van der Waals surface area contributed by atoms with Crippen LogP contribution in [0.3, 0.4) is 0 Å². The van der Waals surface area contributed by atoms with Crippen LogP contribution in [0, 0.1) is 0 Å². The fraction of sp³-hybridized carbons (Fsp3) is 0.429. The normalized spacial score (nSPS) is 13.9. The lowest BCUT2D eigenvalue weighted by atomic mass is 10.1. The van der Waals surface area contributed by atoms with Crippen LogP contribution in [0.5, 0.6) is 10.9 Å². The Balaban J connectivity index is 1.79. The molecule has 0 bridgehead atoms. The average molecular weight is 260 g/mol. The number of hydrogen-bond acceptors (Lipinski definition) is 4. The molecule has 0 N–H and O–H groups in total. The molecule has 1 aromatic heterocycles. The second-order valence-electron chi connectivity index (χ2n) is 4.96. The summed E-state index contributed by atoms with van der Waals surface area (Å²) in [4.78, 5) is 4.38. The molecule has 1 aliphatic carbocycles. The molecule has 0 aliphatic heterocycles. The van der Waals surface area contributed by atoms with Gasteiger partial charge in [-0.3, -0.25) is 0 Å². The van der Waals surface area contributed by atoms with Gasteiger partial charge in [0.25, 0.3) is 5.19 Å². The van der Waals surface area contributed by atoms with Crippen molar-refractivity contribution in [2.24, 2.45) is 0 Å². The highest BCUT2D eigenvalue weighted by Gasteiger charge is 2.13. The summed E-state index contributed by atoms with van der Waals surface area (Å²) in [6, 6.07) is 6.33. The first-order valence-electron chi connectivity index (χ1n) is 6.35. The van der Waals surface area contributed by atoms with Crippen LogP contribution in [0.1, 0.15) is 43.1 Å². The summed E-state index contributed by atoms with van der Waals surface area (Å²) in [5.41, 5.74) is 2.88. The number of hydrogen-bond donors (Lipinski definition) is 0. The molecular formula is C14H16N2OS. The van der Waals surface area contributed by atoms with Gasteiger partial charge >= 0.3 is 0 Å². The Bertz CT molecular complexity index is 563. The van der Waals surface area contributed by atoms with E-state index in [0.29, 0.717) is 11.1 Å². The third-order valence-corrected chi connectivity index (χ3v) is 3.82. The molecule has 3 nitrogen and oxygen atoms in total. The van der Waals surface area contributed by atoms with E-state index in [1.54, 1.807) is 0 Å². The van der Waals surface area contributed by atoms with Gasteiger partial charge in [0.2, 0.25) is 0 Å². The van der Waals surface area contributed by atoms with E-state index in [0.717, 1.165) is 11.6 Å². The van der Waals surface area contributed by atoms with E-state index in [1.165, 1.54) is 41.9 Å². The lowest BCUT2D eigenvalue weighted by molar-refractivity contribution is 0.475. The molecule has 0 amide bonds. The zero-order valence-corrected chi connectivity index (χ0v) is 11.5. The van der Waals surface area contributed by atoms with Crippen molar-refractivity contribution in [1.29, 1.82) is 0 Å². The molecule has 1 aromatic carbocycles. The molecule has 94 valence electrons. The molecule has 1 aliphatic rings. The summed E-state index contributed by atoms with van der Waals surface area (Å²) >= 11 is 1.32. The highest BCUT2D eigenvalue weighted by Crippen LogP contribution is 2.30. The van der Waals surface area contributed by atoms with Gasteiger partial charge in [0.15, 0.2) is 0 Å². The minimum atomic E-state index is 0.346. The number of ether oxygens (including phenoxy) is 1. The van der Waals surface area contributed by atoms with E-state index >= 15 is 0 Å². The zero-order chi connectivity index (χ0) is 12.5. The summed E-state index contributed by atoms with van der Waals surface area (Å²) in [5, 5.41) is 0.636. The average Bonchev–Trinajstić information content (AvgIpc) is 2.96. The van der Waals surface area contributed by atoms with Crippen LogP contribution in [-0.4, -0.2) is 9.36 Å². The minimum Gasteiger partial charge on any atom is -0.430 e. The van der Waals surface area contributed by atoms with Gasteiger partial charge in [-0.1, -0.05) is 19.9 Å². The number of aryl methyl sites for hydroxylation is 2. The number of aromatic nitrogens is 2. The van der Waals surface area contributed by atoms with Crippen LogP contribution in [0.2, 0.25) is 0 Å². The first kappa shape index (κ1) is 11.7. The van der Waals surface area contributed by atoms with Crippen molar-refractivity contribution in [2.75, 3.05) is 0 Å². The second kappa shape index (κ2) is 4.69. The Morgan fingerprint density at radius 3 is 2.83 bits per heavy atom. The van der Waals surface area contributed by atoms with Gasteiger partial charge in [-0.05, 0) is 42.5 Å². The lowest BCUT2D eigenvalue weighted by Gasteiger charge is -2.04. The molecule has 0 atom stereocenters. The molecule has 0 unspecified atom stereocenters. The second-order valence-corrected chi connectivity index (χ2v) is 5.67. The van der Waals surface area contributed by atoms with Crippen molar-refractivity contribution in [3.63, 3.8) is 0 Å². The molecule has 3 rings (SSSR count). The fourth-order valence-electron chi connectivity index (χ4n) is 2.21. The molecule has 0 radical (unpaired) electrons. The monoisotopic (exact) mass is 260 g/mol. The first-order valence-corrected chi connectivity index (χ1v) is 7.13. The van der Waals surface area contributed by atoms with Crippen LogP contribution >= 0.6 is 11.5 Å². The highest BCUT2D eigenvalue weighted by atomic mass is 32.1. The first-order chi connectivity index (χ1) is 8.72. The molecule has 4 heteroatoms. The predicted molar refractivity (Wildman–Crippen MR) is 72.5 cm³/mol. The summed E-state index contributed by atoms with van der Waals surface area (Å²) < 4.78 is 10.1. The predicted octanol–water partition coefficient (Wildman–Crippen LogP) is 3.94. The third kappa shape index (κ3) is 2.25. The van der Waals surface area contributed by atoms with Crippen molar-refractivity contribution >= 4 is 11.5 Å². The van der Waals surface area contributed by atoms with Gasteiger partial charge in [-0.2, -0.15) is 9.36 Å². The number of nitrogens with zero attached hydrogens (tertiary/aromatic N) is 2. The number of benzene rings is 1. The quantitative estimate of drug-likeness (QED) is 0.838. The standard InChI is InChI=1S/C14H16N2OS/c1-9(2)13-15-14(18-16-13)17-12-7-6-10-4-3-5-11(10)8-12/h6-9H,3-5H2,1-2H3. The van der Waals surface area contributed by atoms with E-state index in [9.17, 15) is 0 Å². The van der Waals surface area contributed by atoms with E-state index in [4.69, 9.17) is 4.74 Å². The van der Waals surface area contributed by atoms with Crippen molar-refractivity contribution in [3.05, 3.63) is 35.2 Å². The van der Waals surface area contributed by atoms with Crippen LogP contribution in [-0.2, 0) is 12.8 Å². The van der Waals surface area contributed by atoms with Crippen molar-refractivity contribution in [1.82, 2.24) is 9.36 Å². The summed E-state index contributed by atoms with van der Waals surface area (Å²) in [5.74, 6) is 2.08. The Hall–Kier alpha value is -1.42. The molecule has 1 heterocycles. The maximum Gasteiger partial charge on any atom is 0.298 e. The van der Waals surface area contributed by atoms with Crippen molar-refractivity contribution < 1.29 is 4.74 Å². The summed E-state index contributed by atoms with van der Waals surface area (Å²) in [6.07, 6.45) is 3.63. The molecule has 2 aromatic rings. The van der Waals surface area contributed by atoms with Gasteiger partial charge < -0.3 is 4.74 Å². The molecule has 0 saturated heterocycles. The molecule has 0 spiro atoms. The fourth-order valence-corrected chi connectivity index (χ4v) is 2.90. The topological polar surface area (TPSA) is 35.0 Å². The number of rotatable bonds is 3. The van der Waals surface area contributed by atoms with E-state index in [-0.39, 0.29) is 0 Å². The van der Waals surface area contributed by atoms with E-state index in [2.05, 4.69) is 35.3 Å². The molecule has 0 saturated carbocycles. The zero-order valence-electron chi connectivity index (χ0n) is 10.6. The van der Waals surface area contributed by atoms with Gasteiger partial charge in [0.05, 0.1) is 0 Å². The summed E-state index contributed by atoms with van der Waals surface area (Å²) in [7, 11) is 0. The highest BCUT2D eigenvalue weighted by molar-refractivity contribution is 7.07. The Kier molecular flexibility index (Phi) is 3.04.